The molecule has 4 heteroatoms. The lowest BCUT2D eigenvalue weighted by Crippen LogP contribution is -2.29. The quantitative estimate of drug-likeness (QED) is 0.771. The van der Waals surface area contributed by atoms with Crippen molar-refractivity contribution in [3.05, 3.63) is 33.4 Å². The van der Waals surface area contributed by atoms with Crippen molar-refractivity contribution in [3.8, 4) is 0 Å². The van der Waals surface area contributed by atoms with E-state index in [1.165, 1.54) is 9.13 Å². The van der Waals surface area contributed by atoms with Crippen LogP contribution in [0.2, 0.25) is 0 Å². The molecule has 0 saturated carbocycles. The minimum Gasteiger partial charge on any atom is -0.395 e. The number of benzene rings is 1. The minimum atomic E-state index is 0.129. The summed E-state index contributed by atoms with van der Waals surface area (Å²) in [5.41, 5.74) is 1.21. The Labute approximate surface area is 104 Å². The molecule has 0 fully saturated rings. The Morgan fingerprint density at radius 3 is 2.00 bits per heavy atom. The van der Waals surface area contributed by atoms with Crippen molar-refractivity contribution in [3.63, 3.8) is 0 Å². The first-order chi connectivity index (χ1) is 7.26. The molecular formula is C11H16INO2. The van der Waals surface area contributed by atoms with Gasteiger partial charge in [0.1, 0.15) is 0 Å². The molecular weight excluding hydrogens is 305 g/mol. The molecule has 0 spiro atoms. The highest BCUT2D eigenvalue weighted by molar-refractivity contribution is 14.1. The Bertz CT molecular complexity index is 270. The van der Waals surface area contributed by atoms with Gasteiger partial charge in [0.25, 0.3) is 0 Å². The lowest BCUT2D eigenvalue weighted by molar-refractivity contribution is 0.156. The van der Waals surface area contributed by atoms with Crippen molar-refractivity contribution in [1.29, 1.82) is 0 Å². The fourth-order valence-electron chi connectivity index (χ4n) is 1.40. The third-order valence-electron chi connectivity index (χ3n) is 2.15. The Kier molecular flexibility index (Phi) is 6.16. The van der Waals surface area contributed by atoms with Gasteiger partial charge in [0.15, 0.2) is 0 Å². The molecule has 0 saturated heterocycles. The number of nitrogens with zero attached hydrogens (tertiary/aromatic N) is 1. The Balaban J connectivity index is 2.53. The average Bonchev–Trinajstić information content (AvgIpc) is 2.22. The van der Waals surface area contributed by atoms with Crippen LogP contribution >= 0.6 is 22.6 Å². The van der Waals surface area contributed by atoms with Gasteiger partial charge < -0.3 is 10.2 Å². The smallest absolute Gasteiger partial charge is 0.0558 e. The summed E-state index contributed by atoms with van der Waals surface area (Å²) in [5.74, 6) is 0. The van der Waals surface area contributed by atoms with Gasteiger partial charge in [-0.15, -0.1) is 0 Å². The van der Waals surface area contributed by atoms with Gasteiger partial charge >= 0.3 is 0 Å². The van der Waals surface area contributed by atoms with Crippen LogP contribution in [0.1, 0.15) is 5.56 Å². The first kappa shape index (κ1) is 12.9. The summed E-state index contributed by atoms with van der Waals surface area (Å²) in [6.07, 6.45) is 0. The van der Waals surface area contributed by atoms with Crippen LogP contribution in [-0.2, 0) is 6.54 Å². The zero-order chi connectivity index (χ0) is 11.1. The van der Waals surface area contributed by atoms with Crippen molar-refractivity contribution in [2.75, 3.05) is 26.3 Å². The van der Waals surface area contributed by atoms with Crippen molar-refractivity contribution >= 4 is 22.6 Å². The minimum absolute atomic E-state index is 0.129. The molecule has 15 heavy (non-hydrogen) atoms. The molecule has 0 amide bonds. The molecule has 0 aliphatic heterocycles. The van der Waals surface area contributed by atoms with Gasteiger partial charge in [-0.25, -0.2) is 0 Å². The molecule has 0 atom stereocenters. The van der Waals surface area contributed by atoms with E-state index in [-0.39, 0.29) is 13.2 Å². The molecule has 1 aromatic carbocycles. The molecule has 0 bridgehead atoms. The molecule has 1 rings (SSSR count). The predicted octanol–water partition coefficient (Wildman–Crippen LogP) is 1.08. The zero-order valence-corrected chi connectivity index (χ0v) is 10.7. The van der Waals surface area contributed by atoms with Crippen LogP contribution in [0.5, 0.6) is 0 Å². The van der Waals surface area contributed by atoms with E-state index in [2.05, 4.69) is 46.9 Å². The third kappa shape index (κ3) is 4.92. The zero-order valence-electron chi connectivity index (χ0n) is 8.56. The van der Waals surface area contributed by atoms with E-state index in [4.69, 9.17) is 10.2 Å². The highest BCUT2D eigenvalue weighted by Crippen LogP contribution is 2.08. The van der Waals surface area contributed by atoms with Crippen LogP contribution in [-0.4, -0.2) is 41.4 Å². The van der Waals surface area contributed by atoms with Crippen molar-refractivity contribution in [2.45, 2.75) is 6.54 Å². The van der Waals surface area contributed by atoms with E-state index < -0.39 is 0 Å². The van der Waals surface area contributed by atoms with Gasteiger partial charge in [0, 0.05) is 23.2 Å². The maximum absolute atomic E-state index is 8.86. The van der Waals surface area contributed by atoms with Crippen LogP contribution in [0.3, 0.4) is 0 Å². The van der Waals surface area contributed by atoms with Gasteiger partial charge in [-0.2, -0.15) is 0 Å². The molecule has 0 aliphatic rings. The number of hydrogen-bond donors (Lipinski definition) is 2. The van der Waals surface area contributed by atoms with E-state index in [1.54, 1.807) is 0 Å². The van der Waals surface area contributed by atoms with Gasteiger partial charge in [-0.3, -0.25) is 4.90 Å². The topological polar surface area (TPSA) is 43.7 Å². The van der Waals surface area contributed by atoms with E-state index in [9.17, 15) is 0 Å². The molecule has 84 valence electrons. The molecule has 0 radical (unpaired) electrons. The van der Waals surface area contributed by atoms with Crippen molar-refractivity contribution in [1.82, 2.24) is 4.90 Å². The summed E-state index contributed by atoms with van der Waals surface area (Å²) in [7, 11) is 0. The fraction of sp³-hybridized carbons (Fsp3) is 0.455. The summed E-state index contributed by atoms with van der Waals surface area (Å²) in [4.78, 5) is 2.03. The SMILES string of the molecule is OCCN(CCO)Cc1ccc(I)cc1. The summed E-state index contributed by atoms with van der Waals surface area (Å²) in [6, 6.07) is 8.27. The molecule has 2 N–H and O–H groups in total. The standard InChI is InChI=1S/C11H16INO2/c12-11-3-1-10(2-4-11)9-13(5-7-14)6-8-15/h1-4,14-15H,5-9H2. The lowest BCUT2D eigenvalue weighted by atomic mass is 10.2. The highest BCUT2D eigenvalue weighted by atomic mass is 127. The predicted molar refractivity (Wildman–Crippen MR) is 68.6 cm³/mol. The molecule has 0 heterocycles. The number of rotatable bonds is 6. The van der Waals surface area contributed by atoms with Crippen LogP contribution in [0, 0.1) is 3.57 Å². The van der Waals surface area contributed by atoms with Crippen LogP contribution < -0.4 is 0 Å². The molecule has 1 aromatic rings. The highest BCUT2D eigenvalue weighted by Gasteiger charge is 2.04. The molecule has 0 aromatic heterocycles. The Morgan fingerprint density at radius 2 is 1.53 bits per heavy atom. The number of halogens is 1. The normalized spacial score (nSPS) is 10.9. The summed E-state index contributed by atoms with van der Waals surface area (Å²) in [6.45, 7) is 2.24. The van der Waals surface area contributed by atoms with Gasteiger partial charge in [0.2, 0.25) is 0 Å². The second kappa shape index (κ2) is 7.16. The maximum atomic E-state index is 8.86. The molecule has 0 aliphatic carbocycles. The Morgan fingerprint density at radius 1 is 1.00 bits per heavy atom. The first-order valence-electron chi connectivity index (χ1n) is 4.95. The van der Waals surface area contributed by atoms with Crippen molar-refractivity contribution in [2.24, 2.45) is 0 Å². The summed E-state index contributed by atoms with van der Waals surface area (Å²) in [5, 5.41) is 17.7. The Hall–Kier alpha value is -0.170. The van der Waals surface area contributed by atoms with Crippen LogP contribution in [0.4, 0.5) is 0 Å². The maximum Gasteiger partial charge on any atom is 0.0558 e. The van der Waals surface area contributed by atoms with Gasteiger partial charge in [-0.1, -0.05) is 12.1 Å². The van der Waals surface area contributed by atoms with E-state index >= 15 is 0 Å². The van der Waals surface area contributed by atoms with Crippen molar-refractivity contribution < 1.29 is 10.2 Å². The monoisotopic (exact) mass is 321 g/mol. The second-order valence-corrected chi connectivity index (χ2v) is 4.60. The third-order valence-corrected chi connectivity index (χ3v) is 2.87. The van der Waals surface area contributed by atoms with E-state index in [0.29, 0.717) is 13.1 Å². The second-order valence-electron chi connectivity index (χ2n) is 3.35. The van der Waals surface area contributed by atoms with Crippen LogP contribution in [0.25, 0.3) is 0 Å². The summed E-state index contributed by atoms with van der Waals surface area (Å²) >= 11 is 2.27. The van der Waals surface area contributed by atoms with Gasteiger partial charge in [-0.05, 0) is 40.3 Å². The average molecular weight is 321 g/mol. The molecule has 0 unspecified atom stereocenters. The fourth-order valence-corrected chi connectivity index (χ4v) is 1.76. The number of aliphatic hydroxyl groups is 2. The van der Waals surface area contributed by atoms with Gasteiger partial charge in [0.05, 0.1) is 13.2 Å². The lowest BCUT2D eigenvalue weighted by Gasteiger charge is -2.20. The summed E-state index contributed by atoms with van der Waals surface area (Å²) < 4.78 is 1.22. The number of hydrogen-bond acceptors (Lipinski definition) is 3. The van der Waals surface area contributed by atoms with E-state index in [1.807, 2.05) is 4.90 Å². The van der Waals surface area contributed by atoms with Crippen LogP contribution in [0.15, 0.2) is 24.3 Å². The van der Waals surface area contributed by atoms with E-state index in [0.717, 1.165) is 6.54 Å². The first-order valence-corrected chi connectivity index (χ1v) is 6.02. The largest absolute Gasteiger partial charge is 0.395 e. The molecule has 3 nitrogen and oxygen atoms in total. The number of aliphatic hydroxyl groups excluding tert-OH is 2.